The quantitative estimate of drug-likeness (QED) is 0.914. The number of carboxylic acid groups (broad SMARTS) is 1. The zero-order chi connectivity index (χ0) is 14.8. The Labute approximate surface area is 120 Å². The van der Waals surface area contributed by atoms with E-state index in [-0.39, 0.29) is 17.2 Å². The normalized spacial score (nSPS) is 14.0. The van der Waals surface area contributed by atoms with Crippen LogP contribution in [0.1, 0.15) is 26.5 Å². The molecular formula is C15H13NO5. The zero-order valence-electron chi connectivity index (χ0n) is 11.1. The van der Waals surface area contributed by atoms with Crippen molar-refractivity contribution in [2.75, 3.05) is 13.2 Å². The molecule has 0 fully saturated rings. The van der Waals surface area contributed by atoms with Crippen LogP contribution in [0.3, 0.4) is 0 Å². The maximum Gasteiger partial charge on any atom is 0.338 e. The third-order valence-electron chi connectivity index (χ3n) is 3.30. The molecule has 2 heterocycles. The number of carbonyl (C=O) groups is 2. The van der Waals surface area contributed by atoms with Gasteiger partial charge in [0.05, 0.1) is 12.1 Å². The molecule has 1 aliphatic heterocycles. The molecule has 108 valence electrons. The van der Waals surface area contributed by atoms with Crippen molar-refractivity contribution < 1.29 is 23.8 Å². The molecule has 1 aliphatic rings. The first-order valence-electron chi connectivity index (χ1n) is 6.47. The largest absolute Gasteiger partial charge is 0.491 e. The van der Waals surface area contributed by atoms with Crippen LogP contribution in [-0.2, 0) is 6.54 Å². The summed E-state index contributed by atoms with van der Waals surface area (Å²) in [6.45, 7) is 1.20. The highest BCUT2D eigenvalue weighted by atomic mass is 16.5. The van der Waals surface area contributed by atoms with Gasteiger partial charge >= 0.3 is 5.97 Å². The lowest BCUT2D eigenvalue weighted by Crippen LogP contribution is -2.32. The van der Waals surface area contributed by atoms with Crippen molar-refractivity contribution >= 4 is 11.9 Å². The number of fused-ring (bicyclic) bond motifs is 1. The Balaban J connectivity index is 1.83. The predicted octanol–water partition coefficient (Wildman–Crippen LogP) is 2.01. The minimum Gasteiger partial charge on any atom is -0.491 e. The second kappa shape index (κ2) is 5.32. The molecule has 0 unspecified atom stereocenters. The Kier molecular flexibility index (Phi) is 3.35. The zero-order valence-corrected chi connectivity index (χ0v) is 11.1. The van der Waals surface area contributed by atoms with Crippen molar-refractivity contribution in [2.45, 2.75) is 6.54 Å². The van der Waals surface area contributed by atoms with Crippen molar-refractivity contribution in [3.8, 4) is 5.75 Å². The van der Waals surface area contributed by atoms with E-state index >= 15 is 0 Å². The summed E-state index contributed by atoms with van der Waals surface area (Å²) in [5.41, 5.74) is 0.873. The summed E-state index contributed by atoms with van der Waals surface area (Å²) >= 11 is 0. The van der Waals surface area contributed by atoms with E-state index in [1.807, 2.05) is 24.3 Å². The van der Waals surface area contributed by atoms with Crippen molar-refractivity contribution in [2.24, 2.45) is 0 Å². The summed E-state index contributed by atoms with van der Waals surface area (Å²) in [5.74, 6) is -0.685. The minimum atomic E-state index is -1.12. The summed E-state index contributed by atoms with van der Waals surface area (Å²) in [6, 6.07) is 8.75. The molecule has 6 heteroatoms. The van der Waals surface area contributed by atoms with Crippen molar-refractivity contribution in [3.63, 3.8) is 0 Å². The van der Waals surface area contributed by atoms with Crippen molar-refractivity contribution in [1.82, 2.24) is 4.90 Å². The third-order valence-corrected chi connectivity index (χ3v) is 3.30. The molecule has 0 bridgehead atoms. The number of hydrogen-bond acceptors (Lipinski definition) is 4. The molecule has 0 spiro atoms. The molecule has 0 saturated heterocycles. The molecule has 2 aromatic rings. The lowest BCUT2D eigenvalue weighted by molar-refractivity contribution is 0.0690. The maximum absolute atomic E-state index is 12.4. The van der Waals surface area contributed by atoms with Gasteiger partial charge in [-0.2, -0.15) is 0 Å². The van der Waals surface area contributed by atoms with Crippen LogP contribution in [0, 0.1) is 0 Å². The molecule has 1 aromatic heterocycles. The maximum atomic E-state index is 12.4. The number of rotatable bonds is 2. The molecule has 1 aromatic carbocycles. The molecular weight excluding hydrogens is 274 g/mol. The number of amides is 1. The number of carbonyl (C=O) groups excluding carboxylic acids is 1. The van der Waals surface area contributed by atoms with Gasteiger partial charge in [-0.3, -0.25) is 4.79 Å². The Morgan fingerprint density at radius 3 is 2.81 bits per heavy atom. The van der Waals surface area contributed by atoms with Gasteiger partial charge in [0, 0.05) is 18.2 Å². The highest BCUT2D eigenvalue weighted by Crippen LogP contribution is 2.23. The molecule has 6 nitrogen and oxygen atoms in total. The lowest BCUT2D eigenvalue weighted by atomic mass is 10.2. The molecule has 0 radical (unpaired) electrons. The number of nitrogens with zero attached hydrogens (tertiary/aromatic N) is 1. The first-order chi connectivity index (χ1) is 10.1. The van der Waals surface area contributed by atoms with Crippen LogP contribution in [0.25, 0.3) is 0 Å². The Morgan fingerprint density at radius 1 is 1.24 bits per heavy atom. The number of hydrogen-bond donors (Lipinski definition) is 1. The van der Waals surface area contributed by atoms with Crippen molar-refractivity contribution in [1.29, 1.82) is 0 Å². The van der Waals surface area contributed by atoms with Gasteiger partial charge in [-0.25, -0.2) is 4.79 Å². The fourth-order valence-corrected chi connectivity index (χ4v) is 2.22. The molecule has 1 N–H and O–H groups in total. The van der Waals surface area contributed by atoms with E-state index < -0.39 is 5.97 Å². The highest BCUT2D eigenvalue weighted by Gasteiger charge is 2.24. The van der Waals surface area contributed by atoms with Gasteiger partial charge in [0.25, 0.3) is 5.91 Å². The molecule has 21 heavy (non-hydrogen) atoms. The van der Waals surface area contributed by atoms with Gasteiger partial charge in [0.15, 0.2) is 5.76 Å². The van der Waals surface area contributed by atoms with Gasteiger partial charge in [0.2, 0.25) is 0 Å². The molecule has 0 aliphatic carbocycles. The van der Waals surface area contributed by atoms with Crippen LogP contribution in [0.4, 0.5) is 0 Å². The van der Waals surface area contributed by atoms with E-state index in [0.29, 0.717) is 19.7 Å². The summed E-state index contributed by atoms with van der Waals surface area (Å²) in [7, 11) is 0. The summed E-state index contributed by atoms with van der Waals surface area (Å²) in [5, 5.41) is 8.86. The second-order valence-electron chi connectivity index (χ2n) is 4.69. The lowest BCUT2D eigenvalue weighted by Gasteiger charge is -2.18. The van der Waals surface area contributed by atoms with Crippen LogP contribution in [-0.4, -0.2) is 35.0 Å². The van der Waals surface area contributed by atoms with E-state index in [0.717, 1.165) is 17.6 Å². The Morgan fingerprint density at radius 2 is 2.05 bits per heavy atom. The standard InChI is InChI=1S/C15H13NO5/c17-14(13-7-11(9-21-13)15(18)19)16-5-6-20-12-4-2-1-3-10(12)8-16/h1-4,7,9H,5-6,8H2,(H,18,19). The van der Waals surface area contributed by atoms with E-state index in [4.69, 9.17) is 14.3 Å². The summed E-state index contributed by atoms with van der Waals surface area (Å²) in [4.78, 5) is 24.8. The number of furan rings is 1. The monoisotopic (exact) mass is 287 g/mol. The highest BCUT2D eigenvalue weighted by molar-refractivity contribution is 5.95. The SMILES string of the molecule is O=C(O)c1coc(C(=O)N2CCOc3ccccc3C2)c1. The number of para-hydroxylation sites is 1. The molecule has 3 rings (SSSR count). The van der Waals surface area contributed by atoms with Crippen molar-refractivity contribution in [3.05, 3.63) is 53.5 Å². The van der Waals surface area contributed by atoms with Crippen LogP contribution < -0.4 is 4.74 Å². The molecule has 1 amide bonds. The van der Waals surface area contributed by atoms with Gasteiger partial charge < -0.3 is 19.2 Å². The first kappa shape index (κ1) is 13.2. The van der Waals surface area contributed by atoms with Crippen LogP contribution >= 0.6 is 0 Å². The molecule has 0 saturated carbocycles. The van der Waals surface area contributed by atoms with Gasteiger partial charge in [0.1, 0.15) is 18.6 Å². The smallest absolute Gasteiger partial charge is 0.338 e. The summed E-state index contributed by atoms with van der Waals surface area (Å²) < 4.78 is 10.6. The predicted molar refractivity (Wildman–Crippen MR) is 72.3 cm³/mol. The van der Waals surface area contributed by atoms with Crippen LogP contribution in [0.2, 0.25) is 0 Å². The number of aromatic carboxylic acids is 1. The van der Waals surface area contributed by atoms with Gasteiger partial charge in [-0.15, -0.1) is 0 Å². The van der Waals surface area contributed by atoms with Crippen LogP contribution in [0.15, 0.2) is 41.0 Å². The number of benzene rings is 1. The van der Waals surface area contributed by atoms with E-state index in [1.165, 1.54) is 6.07 Å². The fraction of sp³-hybridized carbons (Fsp3) is 0.200. The average Bonchev–Trinajstić information content (AvgIpc) is 2.87. The van der Waals surface area contributed by atoms with E-state index in [9.17, 15) is 9.59 Å². The minimum absolute atomic E-state index is 0.0202. The van der Waals surface area contributed by atoms with Crippen LogP contribution in [0.5, 0.6) is 5.75 Å². The number of ether oxygens (including phenoxy) is 1. The van der Waals surface area contributed by atoms with Gasteiger partial charge in [-0.05, 0) is 6.07 Å². The third kappa shape index (κ3) is 2.60. The summed E-state index contributed by atoms with van der Waals surface area (Å²) in [6.07, 6.45) is 1.07. The Hall–Kier alpha value is -2.76. The first-order valence-corrected chi connectivity index (χ1v) is 6.47. The number of carboxylic acids is 1. The van der Waals surface area contributed by atoms with E-state index in [2.05, 4.69) is 0 Å². The van der Waals surface area contributed by atoms with E-state index in [1.54, 1.807) is 4.90 Å². The average molecular weight is 287 g/mol. The van der Waals surface area contributed by atoms with Gasteiger partial charge in [-0.1, -0.05) is 18.2 Å². The molecule has 0 atom stereocenters. The Bertz CT molecular complexity index is 691. The topological polar surface area (TPSA) is 80.0 Å². The fourth-order valence-electron chi connectivity index (χ4n) is 2.22. The second-order valence-corrected chi connectivity index (χ2v) is 4.69.